The lowest BCUT2D eigenvalue weighted by atomic mass is 10.1. The molecule has 3 aliphatic heterocycles. The van der Waals surface area contributed by atoms with E-state index < -0.39 is 63.9 Å². The van der Waals surface area contributed by atoms with E-state index in [9.17, 15) is 28.8 Å². The van der Waals surface area contributed by atoms with E-state index >= 15 is 0 Å². The highest BCUT2D eigenvalue weighted by Gasteiger charge is 2.48. The normalized spacial score (nSPS) is 28.9. The third-order valence-corrected chi connectivity index (χ3v) is 8.73. The molecule has 22 nitrogen and oxygen atoms in total. The zero-order valence-electron chi connectivity index (χ0n) is 22.5. The molecule has 7 rings (SSSR count). The second kappa shape index (κ2) is 10.4. The summed E-state index contributed by atoms with van der Waals surface area (Å²) in [5.74, 6) is -2.86. The Kier molecular flexibility index (Phi) is 6.73. The molecule has 0 amide bonds. The van der Waals surface area contributed by atoms with Crippen LogP contribution in [-0.4, -0.2) is 79.6 Å². The number of aromatic nitrogens is 8. The number of aromatic amines is 1. The highest BCUT2D eigenvalue weighted by molar-refractivity contribution is 7.52. The summed E-state index contributed by atoms with van der Waals surface area (Å²) in [6.07, 6.45) is -0.702. The number of ether oxygens (including phenoxy) is 3. The van der Waals surface area contributed by atoms with E-state index in [2.05, 4.69) is 29.9 Å². The Hall–Kier alpha value is -4.72. The van der Waals surface area contributed by atoms with Crippen molar-refractivity contribution in [3.8, 4) is 0 Å². The van der Waals surface area contributed by atoms with Crippen molar-refractivity contribution in [2.45, 2.75) is 18.9 Å². The molecule has 0 spiro atoms. The molecule has 45 heavy (non-hydrogen) atoms. The van der Waals surface area contributed by atoms with Gasteiger partial charge in [0.2, 0.25) is 24.3 Å². The van der Waals surface area contributed by atoms with Crippen LogP contribution in [0.15, 0.2) is 47.0 Å². The zero-order chi connectivity index (χ0) is 31.7. The topological polar surface area (TPSA) is 309 Å². The minimum atomic E-state index is -5.07. The monoisotopic (exact) mass is 668 g/mol. The van der Waals surface area contributed by atoms with Crippen molar-refractivity contribution < 1.29 is 51.8 Å². The summed E-state index contributed by atoms with van der Waals surface area (Å²) in [5, 5.41) is 10.9. The molecule has 0 radical (unpaired) electrons. The molecule has 0 aliphatic carbocycles. The van der Waals surface area contributed by atoms with Crippen LogP contribution in [-0.2, 0) is 43.5 Å². The summed E-state index contributed by atoms with van der Waals surface area (Å²) < 4.78 is 61.4. The predicted molar refractivity (Wildman–Crippen MR) is 146 cm³/mol. The Labute approximate surface area is 249 Å². The van der Waals surface area contributed by atoms with Gasteiger partial charge in [-0.3, -0.25) is 23.4 Å². The van der Waals surface area contributed by atoms with Crippen LogP contribution in [0.2, 0.25) is 0 Å². The molecule has 0 saturated carbocycles. The zero-order valence-corrected chi connectivity index (χ0v) is 24.3. The average molecular weight is 668 g/mol. The number of phosphoric acid groups is 1. The van der Waals surface area contributed by atoms with Crippen LogP contribution in [0.5, 0.6) is 0 Å². The summed E-state index contributed by atoms with van der Waals surface area (Å²) in [5.41, 5.74) is 11.2. The first-order valence-corrected chi connectivity index (χ1v) is 16.0. The van der Waals surface area contributed by atoms with E-state index in [1.165, 1.54) is 12.7 Å². The summed E-state index contributed by atoms with van der Waals surface area (Å²) >= 11 is 0. The van der Waals surface area contributed by atoms with E-state index in [1.54, 1.807) is 4.57 Å². The maximum absolute atomic E-state index is 13.2. The average Bonchev–Trinajstić information content (AvgIpc) is 3.74. The molecule has 4 unspecified atom stereocenters. The highest BCUT2D eigenvalue weighted by Crippen LogP contribution is 2.54. The number of hydrogen-bond acceptors (Lipinski definition) is 17. The number of nitrogens with one attached hydrogen (secondary N) is 1. The standard InChI is InChI=1S/C21H22N10O12P2/c22-15-10-16(25-4-24-15)30(5-26-10)1-8-2-38-9-3-40-45(36,37)43-14-12(32)20(39-7-44(34,35)42-13(8)9)41-19(14)31-6-27-11-17(31)28-21(23)29-18(11)33/h4-6,8,14,19,32H,1-3,7H2,(H,34,35)(H,36,37)(H2,22,24,25)(H3,23,28,29,33)/t8?,14?,19-/m1/s1. The smallest absolute Gasteiger partial charge is 0.473 e. The van der Waals surface area contributed by atoms with Gasteiger partial charge in [-0.1, -0.05) is 0 Å². The molecule has 24 heteroatoms. The predicted octanol–water partition coefficient (Wildman–Crippen LogP) is -0.0703. The van der Waals surface area contributed by atoms with E-state index in [0.29, 0.717) is 11.2 Å². The summed E-state index contributed by atoms with van der Waals surface area (Å²) in [4.78, 5) is 56.1. The third-order valence-electron chi connectivity index (χ3n) is 6.85. The maximum atomic E-state index is 13.2. The van der Waals surface area contributed by atoms with Crippen molar-refractivity contribution in [3.63, 3.8) is 0 Å². The number of imidazole rings is 2. The molecular weight excluding hydrogens is 646 g/mol. The van der Waals surface area contributed by atoms with Crippen molar-refractivity contribution in [1.29, 1.82) is 0 Å². The lowest BCUT2D eigenvalue weighted by Gasteiger charge is -2.23. The first kappa shape index (κ1) is 29.0. The maximum Gasteiger partial charge on any atom is 0.473 e. The van der Waals surface area contributed by atoms with Crippen LogP contribution in [0.3, 0.4) is 0 Å². The van der Waals surface area contributed by atoms with Gasteiger partial charge in [0, 0.05) is 6.54 Å². The Balaban J connectivity index is 1.20. The first-order valence-electron chi connectivity index (χ1n) is 12.8. The van der Waals surface area contributed by atoms with Gasteiger partial charge in [-0.25, -0.2) is 29.1 Å². The van der Waals surface area contributed by atoms with E-state index in [0.717, 1.165) is 10.9 Å². The number of rotatable bonds is 3. The van der Waals surface area contributed by atoms with Gasteiger partial charge in [0.1, 0.15) is 24.8 Å². The fraction of sp³-hybridized carbons (Fsp3) is 0.333. The van der Waals surface area contributed by atoms with E-state index in [1.807, 2.05) is 0 Å². The van der Waals surface area contributed by atoms with E-state index in [4.69, 9.17) is 39.2 Å². The van der Waals surface area contributed by atoms with Gasteiger partial charge in [-0.05, 0) is 0 Å². The fourth-order valence-corrected chi connectivity index (χ4v) is 6.60. The van der Waals surface area contributed by atoms with Gasteiger partial charge in [0.05, 0.1) is 18.9 Å². The number of phosphoric ester groups is 1. The van der Waals surface area contributed by atoms with Crippen LogP contribution in [0.1, 0.15) is 6.23 Å². The first-order chi connectivity index (χ1) is 21.4. The van der Waals surface area contributed by atoms with Crippen molar-refractivity contribution in [3.05, 3.63) is 52.6 Å². The second-order valence-electron chi connectivity index (χ2n) is 9.85. The molecule has 7 heterocycles. The third kappa shape index (κ3) is 5.22. The lowest BCUT2D eigenvalue weighted by Crippen LogP contribution is -2.26. The minimum absolute atomic E-state index is 0.0684. The van der Waals surface area contributed by atoms with Gasteiger partial charge in [0.25, 0.3) is 5.56 Å². The SMILES string of the molecule is Nc1nc2c(ncn2[C@@H]2OC3=C(O)C2OP(=O)(O)OCC2=C(OP(=O)(O)CO3)C(Cn3cnc4c(N)ncnc43)CO2)c(=O)[nH]1. The molecule has 3 aliphatic rings. The van der Waals surface area contributed by atoms with Crippen molar-refractivity contribution >= 4 is 49.5 Å². The highest BCUT2D eigenvalue weighted by atomic mass is 31.2. The number of nitrogen functional groups attached to an aromatic ring is 2. The summed E-state index contributed by atoms with van der Waals surface area (Å²) in [6.45, 7) is -0.773. The molecule has 2 bridgehead atoms. The van der Waals surface area contributed by atoms with Crippen molar-refractivity contribution in [2.24, 2.45) is 5.92 Å². The molecule has 8 N–H and O–H groups in total. The Morgan fingerprint density at radius 1 is 1.07 bits per heavy atom. The largest absolute Gasteiger partial charge is 0.504 e. The Bertz CT molecular complexity index is 2070. The molecule has 4 aromatic rings. The number of fused-ring (bicyclic) bond motifs is 3. The van der Waals surface area contributed by atoms with Crippen LogP contribution < -0.4 is 17.0 Å². The second-order valence-corrected chi connectivity index (χ2v) is 13.0. The van der Waals surface area contributed by atoms with Crippen molar-refractivity contribution in [1.82, 2.24) is 39.0 Å². The van der Waals surface area contributed by atoms with E-state index in [-0.39, 0.29) is 47.6 Å². The number of aliphatic hydroxyl groups is 1. The number of nitrogens with two attached hydrogens (primary N) is 2. The Morgan fingerprint density at radius 2 is 1.87 bits per heavy atom. The molecule has 5 atom stereocenters. The van der Waals surface area contributed by atoms with Crippen molar-refractivity contribution in [2.75, 3.05) is 31.0 Å². The summed E-state index contributed by atoms with van der Waals surface area (Å²) in [7, 11) is -9.78. The quantitative estimate of drug-likeness (QED) is 0.156. The molecule has 0 fully saturated rings. The number of aliphatic hydroxyl groups excluding tert-OH is 1. The summed E-state index contributed by atoms with van der Waals surface area (Å²) in [6, 6.07) is 0. The molecule has 4 aromatic heterocycles. The van der Waals surface area contributed by atoms with Crippen LogP contribution in [0.25, 0.3) is 22.3 Å². The van der Waals surface area contributed by atoms with Crippen LogP contribution >= 0.6 is 15.4 Å². The lowest BCUT2D eigenvalue weighted by molar-refractivity contribution is -0.0487. The van der Waals surface area contributed by atoms with Crippen LogP contribution in [0.4, 0.5) is 11.8 Å². The molecule has 238 valence electrons. The minimum Gasteiger partial charge on any atom is -0.504 e. The number of H-pyrrole nitrogens is 1. The number of anilines is 2. The number of hydrogen-bond donors (Lipinski definition) is 6. The van der Waals surface area contributed by atoms with Crippen LogP contribution in [0, 0.1) is 5.92 Å². The molecule has 0 saturated heterocycles. The van der Waals surface area contributed by atoms with Gasteiger partial charge >= 0.3 is 21.4 Å². The van der Waals surface area contributed by atoms with Gasteiger partial charge in [-0.2, -0.15) is 4.98 Å². The molecule has 0 aromatic carbocycles. The van der Waals surface area contributed by atoms with Gasteiger partial charge < -0.3 is 49.7 Å². The van der Waals surface area contributed by atoms with Gasteiger partial charge in [0.15, 0.2) is 40.3 Å². The molecular formula is C21H22N10O12P2. The number of nitrogens with zero attached hydrogens (tertiary/aromatic N) is 7. The Morgan fingerprint density at radius 3 is 2.69 bits per heavy atom. The fourth-order valence-electron chi connectivity index (χ4n) is 4.88. The van der Waals surface area contributed by atoms with Gasteiger partial charge in [-0.15, -0.1) is 0 Å².